The molecule has 6 heteroatoms. The Hall–Kier alpha value is 0.212. The highest BCUT2D eigenvalue weighted by Crippen LogP contribution is 1.73. The first kappa shape index (κ1) is 11.9. The van der Waals surface area contributed by atoms with Gasteiger partial charge < -0.3 is 14.4 Å². The Balaban J connectivity index is 0. The van der Waals surface area contributed by atoms with E-state index < -0.39 is 26.7 Å². The first-order valence-electron chi connectivity index (χ1n) is 2.03. The molecule has 0 aliphatic carbocycles. The van der Waals surface area contributed by atoms with Crippen molar-refractivity contribution in [3.8, 4) is 0 Å². The van der Waals surface area contributed by atoms with Crippen LogP contribution in [-0.2, 0) is 4.79 Å². The molecule has 1 radical (unpaired) electrons. The second kappa shape index (κ2) is 8.21. The van der Waals surface area contributed by atoms with Crippen LogP contribution in [0.25, 0.3) is 0 Å². The minimum Gasteiger partial charge on any atom is -0.510 e. The predicted octanol–water partition coefficient (Wildman–Crippen LogP) is -0.796. The average Bonchev–Trinajstić information content (AvgIpc) is 1.68. The topological polar surface area (TPSA) is 77.8 Å². The Morgan fingerprint density at radius 3 is 1.89 bits per heavy atom. The summed E-state index contributed by atoms with van der Waals surface area (Å²) in [5, 5.41) is 15.8. The van der Waals surface area contributed by atoms with Crippen LogP contribution in [0.3, 0.4) is 0 Å². The summed E-state index contributed by atoms with van der Waals surface area (Å²) in [6, 6.07) is 0. The maximum absolute atomic E-state index is 9.45. The Labute approximate surface area is 63.3 Å². The zero-order chi connectivity index (χ0) is 7.86. The number of halogens is 1. The number of aliphatic hydroxyl groups is 1. The van der Waals surface area contributed by atoms with Crippen LogP contribution >= 0.6 is 10.0 Å². The third-order valence-electron chi connectivity index (χ3n) is 0.357. The van der Waals surface area contributed by atoms with Gasteiger partial charge in [0.05, 0.1) is 0 Å². The van der Waals surface area contributed by atoms with Crippen molar-refractivity contribution >= 4 is 30.7 Å². The summed E-state index contributed by atoms with van der Waals surface area (Å²) in [5.41, 5.74) is 0. The second-order valence-corrected chi connectivity index (χ2v) is 1.89. The zero-order valence-electron chi connectivity index (χ0n) is 4.78. The number of carboxylic acid groups (broad SMARTS) is 1. The largest absolute Gasteiger partial charge is 0.568 e. The smallest absolute Gasteiger partial charge is 0.510 e. The minimum absolute atomic E-state index is 0.778. The Bertz CT molecular complexity index is 76.2. The third-order valence-corrected chi connectivity index (χ3v) is 0.357. The maximum atomic E-state index is 9.45. The minimum atomic E-state index is -1.23. The molecule has 9 heavy (non-hydrogen) atoms. The molecule has 0 spiro atoms. The number of carbonyl (C=O) groups is 1. The summed E-state index contributed by atoms with van der Waals surface area (Å²) >= 11 is -0.778. The normalized spacial score (nSPS) is 10.7. The number of aliphatic hydroxyl groups excluding tert-OH is 1. The second-order valence-electron chi connectivity index (χ2n) is 1.11. The number of hydrogen-bond donors (Lipinski definition) is 3. The average molecular weight is 170 g/mol. The van der Waals surface area contributed by atoms with Crippen LogP contribution in [0.1, 0.15) is 6.92 Å². The Kier molecular flexibility index (Phi) is 10.9. The van der Waals surface area contributed by atoms with Gasteiger partial charge in [0.2, 0.25) is 0 Å². The molecule has 0 fully saturated rings. The van der Waals surface area contributed by atoms with Gasteiger partial charge in [0.15, 0.2) is 0 Å². The molecule has 1 atom stereocenters. The van der Waals surface area contributed by atoms with Crippen LogP contribution < -0.4 is 0 Å². The SMILES string of the molecule is CC(O)C(=O)O.[OH][Al][Cl]. The first-order valence-corrected chi connectivity index (χ1v) is 4.29. The number of carboxylic acids is 1. The summed E-state index contributed by atoms with van der Waals surface area (Å²) in [6.07, 6.45) is -1.23. The molecule has 0 saturated heterocycles. The third kappa shape index (κ3) is 17.9. The van der Waals surface area contributed by atoms with E-state index in [1.807, 2.05) is 0 Å². The highest BCUT2D eigenvalue weighted by atomic mass is 35.6. The lowest BCUT2D eigenvalue weighted by Crippen LogP contribution is -2.13. The molecular formula is C3H7AlClO4. The van der Waals surface area contributed by atoms with Crippen molar-refractivity contribution in [3.05, 3.63) is 0 Å². The molecule has 0 amide bonds. The quantitative estimate of drug-likeness (QED) is 0.450. The Morgan fingerprint density at radius 2 is 1.89 bits per heavy atom. The standard InChI is InChI=1S/C3H6O3.Al.ClH.H2O/c1-2(4)3(5)6;;;/h2,4H,1H3,(H,5,6);;1H;1H2/q;+2;;/p-2. The van der Waals surface area contributed by atoms with Crippen LogP contribution in [0.2, 0.25) is 0 Å². The van der Waals surface area contributed by atoms with Crippen molar-refractivity contribution in [1.82, 2.24) is 0 Å². The first-order chi connectivity index (χ1) is 4.06. The molecule has 0 aromatic heterocycles. The summed E-state index contributed by atoms with van der Waals surface area (Å²) in [5.74, 6) is -1.19. The summed E-state index contributed by atoms with van der Waals surface area (Å²) in [7, 11) is 4.64. The molecule has 4 nitrogen and oxygen atoms in total. The molecule has 0 bridgehead atoms. The van der Waals surface area contributed by atoms with Crippen molar-refractivity contribution in [2.45, 2.75) is 13.0 Å². The molecule has 0 aliphatic heterocycles. The fourth-order valence-electron chi connectivity index (χ4n) is 0. The fourth-order valence-corrected chi connectivity index (χ4v) is 0. The van der Waals surface area contributed by atoms with E-state index >= 15 is 0 Å². The monoisotopic (exact) mass is 169 g/mol. The lowest BCUT2D eigenvalue weighted by atomic mass is 10.4. The highest BCUT2D eigenvalue weighted by molar-refractivity contribution is 6.89. The summed E-state index contributed by atoms with van der Waals surface area (Å²) < 4.78 is 7.42. The molecule has 0 heterocycles. The van der Waals surface area contributed by atoms with Crippen molar-refractivity contribution < 1.29 is 19.2 Å². The van der Waals surface area contributed by atoms with Gasteiger partial charge in [-0.05, 0) is 6.92 Å². The molecule has 0 saturated carbocycles. The predicted molar refractivity (Wildman–Crippen MR) is 33.1 cm³/mol. The van der Waals surface area contributed by atoms with E-state index in [0.29, 0.717) is 0 Å². The maximum Gasteiger partial charge on any atom is 0.568 e. The van der Waals surface area contributed by atoms with Crippen LogP contribution in [0.5, 0.6) is 0 Å². The molecule has 0 rings (SSSR count). The van der Waals surface area contributed by atoms with E-state index in [9.17, 15) is 4.79 Å². The fraction of sp³-hybridized carbons (Fsp3) is 0.667. The van der Waals surface area contributed by atoms with Gasteiger partial charge in [-0.2, -0.15) is 0 Å². The molecule has 0 aromatic rings. The molecular weight excluding hydrogens is 162 g/mol. The van der Waals surface area contributed by atoms with E-state index in [0.717, 1.165) is 0 Å². The van der Waals surface area contributed by atoms with Gasteiger partial charge in [0.1, 0.15) is 6.10 Å². The molecule has 53 valence electrons. The van der Waals surface area contributed by atoms with Crippen molar-refractivity contribution in [1.29, 1.82) is 0 Å². The molecule has 0 aliphatic rings. The van der Waals surface area contributed by atoms with E-state index in [1.54, 1.807) is 0 Å². The van der Waals surface area contributed by atoms with Gasteiger partial charge >= 0.3 is 20.6 Å². The summed E-state index contributed by atoms with van der Waals surface area (Å²) in [4.78, 5) is 9.45. The van der Waals surface area contributed by atoms with Gasteiger partial charge in [-0.1, -0.05) is 0 Å². The highest BCUT2D eigenvalue weighted by Gasteiger charge is 2.01. The lowest BCUT2D eigenvalue weighted by Gasteiger charge is -1.89. The Morgan fingerprint density at radius 1 is 1.78 bits per heavy atom. The number of hydrogen-bond acceptors (Lipinski definition) is 3. The van der Waals surface area contributed by atoms with E-state index in [4.69, 9.17) is 14.4 Å². The molecule has 0 aromatic carbocycles. The van der Waals surface area contributed by atoms with Gasteiger partial charge in [0.25, 0.3) is 0 Å². The lowest BCUT2D eigenvalue weighted by molar-refractivity contribution is -0.145. The zero-order valence-corrected chi connectivity index (χ0v) is 6.69. The van der Waals surface area contributed by atoms with Crippen LogP contribution in [0.4, 0.5) is 0 Å². The van der Waals surface area contributed by atoms with E-state index in [2.05, 4.69) is 10.0 Å². The molecule has 3 N–H and O–H groups in total. The van der Waals surface area contributed by atoms with Crippen LogP contribution in [-0.4, -0.2) is 41.1 Å². The van der Waals surface area contributed by atoms with Gasteiger partial charge in [-0.15, -0.1) is 0 Å². The van der Waals surface area contributed by atoms with Gasteiger partial charge in [0, 0.05) is 0 Å². The van der Waals surface area contributed by atoms with Crippen molar-refractivity contribution in [2.75, 3.05) is 0 Å². The van der Waals surface area contributed by atoms with Crippen LogP contribution in [0.15, 0.2) is 0 Å². The van der Waals surface area contributed by atoms with E-state index in [-0.39, 0.29) is 0 Å². The van der Waals surface area contributed by atoms with Crippen molar-refractivity contribution in [3.63, 3.8) is 0 Å². The van der Waals surface area contributed by atoms with Crippen molar-refractivity contribution in [2.24, 2.45) is 0 Å². The number of rotatable bonds is 1. The number of aliphatic carboxylic acids is 1. The van der Waals surface area contributed by atoms with E-state index in [1.165, 1.54) is 6.92 Å². The van der Waals surface area contributed by atoms with Gasteiger partial charge in [-0.3, -0.25) is 0 Å². The summed E-state index contributed by atoms with van der Waals surface area (Å²) in [6.45, 7) is 1.20. The van der Waals surface area contributed by atoms with Crippen LogP contribution in [0, 0.1) is 0 Å². The molecule has 1 unspecified atom stereocenters. The van der Waals surface area contributed by atoms with Gasteiger partial charge in [-0.25, -0.2) is 14.8 Å².